The van der Waals surface area contributed by atoms with E-state index >= 15 is 0 Å². The molecule has 6 nitrogen and oxygen atoms in total. The van der Waals surface area contributed by atoms with Crippen LogP contribution in [-0.4, -0.2) is 16.4 Å². The van der Waals surface area contributed by atoms with Gasteiger partial charge in [0.2, 0.25) is 5.91 Å². The van der Waals surface area contributed by atoms with Crippen LogP contribution in [0.5, 0.6) is 0 Å². The van der Waals surface area contributed by atoms with Crippen LogP contribution in [0.2, 0.25) is 0 Å². The van der Waals surface area contributed by atoms with E-state index < -0.39 is 0 Å². The Morgan fingerprint density at radius 3 is 2.34 bits per heavy atom. The van der Waals surface area contributed by atoms with Gasteiger partial charge in [0, 0.05) is 40.5 Å². The Morgan fingerprint density at radius 1 is 0.966 bits per heavy atom. The molecule has 0 unspecified atom stereocenters. The zero-order chi connectivity index (χ0) is 21.0. The minimum absolute atomic E-state index is 0.0523. The first-order valence-electron chi connectivity index (χ1n) is 9.29. The Hall–Kier alpha value is -3.19. The summed E-state index contributed by atoms with van der Waals surface area (Å²) >= 11 is 1.19. The number of benzene rings is 2. The third kappa shape index (κ3) is 4.81. The van der Waals surface area contributed by atoms with Gasteiger partial charge in [-0.25, -0.2) is 0 Å². The van der Waals surface area contributed by atoms with Crippen LogP contribution in [0.4, 0.5) is 11.4 Å². The Bertz CT molecular complexity index is 1100. The third-order valence-electron chi connectivity index (χ3n) is 4.82. The van der Waals surface area contributed by atoms with Gasteiger partial charge in [-0.05, 0) is 50.6 Å². The molecule has 0 atom stereocenters. The number of rotatable bonds is 6. The van der Waals surface area contributed by atoms with E-state index in [1.807, 2.05) is 44.2 Å². The maximum atomic E-state index is 12.6. The summed E-state index contributed by atoms with van der Waals surface area (Å²) in [4.78, 5) is 37.9. The standard InChI is InChI=1S/C22H23N3O3S/c1-14-18(21(27)23-17-8-5-4-6-9-17)10-7-11-19(14)24-20(26)12-13-25-15(2)16(3)29-22(25)28/h4-11H,12-13H2,1-3H3,(H,23,27)(H,24,26). The molecule has 2 aromatic carbocycles. The van der Waals surface area contributed by atoms with E-state index in [-0.39, 0.29) is 23.1 Å². The number of amides is 2. The minimum Gasteiger partial charge on any atom is -0.326 e. The largest absolute Gasteiger partial charge is 0.326 e. The maximum absolute atomic E-state index is 12.6. The molecule has 2 N–H and O–H groups in total. The molecule has 0 aliphatic rings. The molecule has 0 spiro atoms. The third-order valence-corrected chi connectivity index (χ3v) is 5.82. The van der Waals surface area contributed by atoms with Crippen LogP contribution < -0.4 is 15.5 Å². The number of hydrogen-bond donors (Lipinski definition) is 2. The molecule has 29 heavy (non-hydrogen) atoms. The summed E-state index contributed by atoms with van der Waals surface area (Å²) in [6.45, 7) is 5.90. The van der Waals surface area contributed by atoms with Crippen LogP contribution in [0.1, 0.15) is 32.9 Å². The lowest BCUT2D eigenvalue weighted by Gasteiger charge is -2.13. The number of para-hydroxylation sites is 1. The maximum Gasteiger partial charge on any atom is 0.307 e. The fourth-order valence-corrected chi connectivity index (χ4v) is 3.87. The lowest BCUT2D eigenvalue weighted by atomic mass is 10.1. The van der Waals surface area contributed by atoms with Crippen molar-refractivity contribution in [3.8, 4) is 0 Å². The number of thiazole rings is 1. The highest BCUT2D eigenvalue weighted by Gasteiger charge is 2.14. The highest BCUT2D eigenvalue weighted by Crippen LogP contribution is 2.21. The van der Waals surface area contributed by atoms with Gasteiger partial charge in [-0.15, -0.1) is 0 Å². The van der Waals surface area contributed by atoms with Crippen molar-refractivity contribution in [1.29, 1.82) is 0 Å². The molecule has 0 radical (unpaired) electrons. The van der Waals surface area contributed by atoms with Crippen molar-refractivity contribution in [2.75, 3.05) is 10.6 Å². The molecule has 2 amide bonds. The zero-order valence-corrected chi connectivity index (χ0v) is 17.4. The lowest BCUT2D eigenvalue weighted by Crippen LogP contribution is -2.21. The Morgan fingerprint density at radius 2 is 1.69 bits per heavy atom. The molecule has 3 rings (SSSR count). The van der Waals surface area contributed by atoms with E-state index in [1.165, 1.54) is 11.3 Å². The van der Waals surface area contributed by atoms with E-state index in [9.17, 15) is 14.4 Å². The summed E-state index contributed by atoms with van der Waals surface area (Å²) < 4.78 is 1.62. The molecule has 1 heterocycles. The molecule has 0 saturated carbocycles. The molecule has 1 aromatic heterocycles. The van der Waals surface area contributed by atoms with Crippen molar-refractivity contribution in [2.45, 2.75) is 33.7 Å². The molecule has 0 bridgehead atoms. The molecule has 3 aromatic rings. The van der Waals surface area contributed by atoms with E-state index in [0.29, 0.717) is 29.0 Å². The van der Waals surface area contributed by atoms with Gasteiger partial charge in [0.1, 0.15) is 0 Å². The van der Waals surface area contributed by atoms with Gasteiger partial charge >= 0.3 is 4.87 Å². The van der Waals surface area contributed by atoms with Gasteiger partial charge < -0.3 is 15.2 Å². The molecule has 150 valence electrons. The first kappa shape index (κ1) is 20.5. The summed E-state index contributed by atoms with van der Waals surface area (Å²) in [7, 11) is 0. The molecule has 0 aliphatic heterocycles. The number of hydrogen-bond acceptors (Lipinski definition) is 4. The van der Waals surface area contributed by atoms with Crippen molar-refractivity contribution in [3.05, 3.63) is 79.9 Å². The van der Waals surface area contributed by atoms with Crippen molar-refractivity contribution < 1.29 is 9.59 Å². The van der Waals surface area contributed by atoms with E-state index in [1.54, 1.807) is 29.7 Å². The number of nitrogens with one attached hydrogen (secondary N) is 2. The Kier molecular flexibility index (Phi) is 6.29. The second-order valence-electron chi connectivity index (χ2n) is 6.76. The monoisotopic (exact) mass is 409 g/mol. The average molecular weight is 410 g/mol. The van der Waals surface area contributed by atoms with Gasteiger partial charge in [-0.2, -0.15) is 0 Å². The highest BCUT2D eigenvalue weighted by atomic mass is 32.1. The van der Waals surface area contributed by atoms with Crippen molar-refractivity contribution >= 4 is 34.5 Å². The van der Waals surface area contributed by atoms with Gasteiger partial charge in [-0.3, -0.25) is 14.4 Å². The number of carbonyl (C=O) groups is 2. The highest BCUT2D eigenvalue weighted by molar-refractivity contribution is 7.09. The van der Waals surface area contributed by atoms with Gasteiger partial charge in [0.15, 0.2) is 0 Å². The second-order valence-corrected chi connectivity index (χ2v) is 7.92. The molecule has 7 heteroatoms. The van der Waals surface area contributed by atoms with Crippen LogP contribution in [0.3, 0.4) is 0 Å². The number of nitrogens with zero attached hydrogens (tertiary/aromatic N) is 1. The number of anilines is 2. The van der Waals surface area contributed by atoms with Crippen LogP contribution in [-0.2, 0) is 11.3 Å². The second kappa shape index (κ2) is 8.87. The van der Waals surface area contributed by atoms with Crippen LogP contribution in [0.15, 0.2) is 53.3 Å². The summed E-state index contributed by atoms with van der Waals surface area (Å²) in [6.07, 6.45) is 0.177. The van der Waals surface area contributed by atoms with Gasteiger partial charge in [0.25, 0.3) is 5.91 Å². The van der Waals surface area contributed by atoms with Crippen LogP contribution >= 0.6 is 11.3 Å². The quantitative estimate of drug-likeness (QED) is 0.643. The Balaban J connectivity index is 1.68. The van der Waals surface area contributed by atoms with E-state index in [4.69, 9.17) is 0 Å². The molecule has 0 aliphatic carbocycles. The summed E-state index contributed by atoms with van der Waals surface area (Å²) in [5, 5.41) is 5.71. The smallest absolute Gasteiger partial charge is 0.307 e. The van der Waals surface area contributed by atoms with Crippen LogP contribution in [0.25, 0.3) is 0 Å². The summed E-state index contributed by atoms with van der Waals surface area (Å²) in [6, 6.07) is 14.4. The predicted octanol–water partition coefficient (Wildman–Crippen LogP) is 4.12. The Labute approximate surface area is 173 Å². The minimum atomic E-state index is -0.235. The number of aryl methyl sites for hydroxylation is 1. The van der Waals surface area contributed by atoms with E-state index in [0.717, 1.165) is 10.6 Å². The summed E-state index contributed by atoms with van der Waals surface area (Å²) in [5.41, 5.74) is 3.37. The molecule has 0 saturated heterocycles. The number of carbonyl (C=O) groups excluding carboxylic acids is 2. The predicted molar refractivity (Wildman–Crippen MR) is 117 cm³/mol. The van der Waals surface area contributed by atoms with Gasteiger partial charge in [-0.1, -0.05) is 35.6 Å². The van der Waals surface area contributed by atoms with Gasteiger partial charge in [0.05, 0.1) is 0 Å². The lowest BCUT2D eigenvalue weighted by molar-refractivity contribution is -0.116. The molecular weight excluding hydrogens is 386 g/mol. The van der Waals surface area contributed by atoms with Crippen LogP contribution in [0, 0.1) is 20.8 Å². The van der Waals surface area contributed by atoms with Crippen molar-refractivity contribution in [3.63, 3.8) is 0 Å². The fraction of sp³-hybridized carbons (Fsp3) is 0.227. The number of aromatic nitrogens is 1. The fourth-order valence-electron chi connectivity index (χ4n) is 3.01. The SMILES string of the molecule is Cc1sc(=O)n(CCC(=O)Nc2cccc(C(=O)Nc3ccccc3)c2C)c1C. The topological polar surface area (TPSA) is 80.2 Å². The summed E-state index contributed by atoms with van der Waals surface area (Å²) in [5.74, 6) is -0.440. The zero-order valence-electron chi connectivity index (χ0n) is 16.6. The first-order chi connectivity index (χ1) is 13.9. The molecular formula is C22H23N3O3S. The first-order valence-corrected chi connectivity index (χ1v) is 10.1. The van der Waals surface area contributed by atoms with E-state index in [2.05, 4.69) is 10.6 Å². The van der Waals surface area contributed by atoms with Crippen molar-refractivity contribution in [1.82, 2.24) is 4.57 Å². The van der Waals surface area contributed by atoms with Crippen molar-refractivity contribution in [2.24, 2.45) is 0 Å². The molecule has 0 fully saturated rings. The normalized spacial score (nSPS) is 10.6. The average Bonchev–Trinajstić information content (AvgIpc) is 2.94.